The Bertz CT molecular complexity index is 606. The van der Waals surface area contributed by atoms with Gasteiger partial charge >= 0.3 is 0 Å². The number of hydrogen-bond acceptors (Lipinski definition) is 3. The number of aliphatic hydroxyl groups is 1. The van der Waals surface area contributed by atoms with Crippen LogP contribution >= 0.6 is 27.5 Å². The number of hydrogen-bond donors (Lipinski definition) is 1. The van der Waals surface area contributed by atoms with E-state index >= 15 is 0 Å². The third-order valence-corrected chi connectivity index (χ3v) is 3.87. The van der Waals surface area contributed by atoms with Crippen LogP contribution in [0.3, 0.4) is 0 Å². The zero-order valence-electron chi connectivity index (χ0n) is 10.7. The largest absolute Gasteiger partial charge is 0.383 e. The molecule has 0 amide bonds. The van der Waals surface area contributed by atoms with Crippen LogP contribution in [0, 0.1) is 5.82 Å². The van der Waals surface area contributed by atoms with E-state index in [-0.39, 0.29) is 0 Å². The molecule has 1 N–H and O–H groups in total. The lowest BCUT2D eigenvalue weighted by Crippen LogP contribution is -2.14. The highest BCUT2D eigenvalue weighted by molar-refractivity contribution is 9.10. The Morgan fingerprint density at radius 2 is 2.30 bits per heavy atom. The van der Waals surface area contributed by atoms with Crippen LogP contribution in [0.25, 0.3) is 0 Å². The fraction of sp³-hybridized carbons (Fsp3) is 0.308. The third-order valence-electron chi connectivity index (χ3n) is 2.85. The Morgan fingerprint density at radius 1 is 1.55 bits per heavy atom. The normalized spacial score (nSPS) is 12.7. The highest BCUT2D eigenvalue weighted by atomic mass is 79.9. The molecule has 1 heterocycles. The molecule has 0 spiro atoms. The van der Waals surface area contributed by atoms with Crippen LogP contribution < -0.4 is 0 Å². The van der Waals surface area contributed by atoms with Crippen LogP contribution in [-0.4, -0.2) is 28.6 Å². The van der Waals surface area contributed by atoms with Crippen LogP contribution in [-0.2, 0) is 11.3 Å². The van der Waals surface area contributed by atoms with Gasteiger partial charge in [0.05, 0.1) is 30.1 Å². The summed E-state index contributed by atoms with van der Waals surface area (Å²) in [6.07, 6.45) is 0.370. The molecule has 1 aromatic heterocycles. The molecule has 4 nitrogen and oxygen atoms in total. The number of ether oxygens (including phenoxy) is 1. The van der Waals surface area contributed by atoms with Gasteiger partial charge < -0.3 is 9.84 Å². The number of benzene rings is 1. The number of methoxy groups -OCH3 is 1. The summed E-state index contributed by atoms with van der Waals surface area (Å²) in [4.78, 5) is 0. The van der Waals surface area contributed by atoms with E-state index in [4.69, 9.17) is 16.3 Å². The summed E-state index contributed by atoms with van der Waals surface area (Å²) in [7, 11) is 1.57. The van der Waals surface area contributed by atoms with Crippen molar-refractivity contribution in [2.24, 2.45) is 0 Å². The van der Waals surface area contributed by atoms with Gasteiger partial charge in [-0.3, -0.25) is 4.68 Å². The quantitative estimate of drug-likeness (QED) is 0.887. The smallest absolute Gasteiger partial charge is 0.123 e. The fourth-order valence-electron chi connectivity index (χ4n) is 1.87. The molecule has 108 valence electrons. The van der Waals surface area contributed by atoms with Gasteiger partial charge in [-0.05, 0) is 18.2 Å². The van der Waals surface area contributed by atoms with E-state index in [0.29, 0.717) is 33.9 Å². The SMILES string of the molecule is COCCn1ncc(Cl)c1C(O)c1cc(F)ccc1Br. The molecule has 1 aromatic carbocycles. The Kier molecular flexibility index (Phi) is 5.15. The summed E-state index contributed by atoms with van der Waals surface area (Å²) >= 11 is 9.36. The second-order valence-electron chi connectivity index (χ2n) is 4.16. The average Bonchev–Trinajstić information content (AvgIpc) is 2.79. The van der Waals surface area contributed by atoms with Crippen molar-refractivity contribution in [3.63, 3.8) is 0 Å². The highest BCUT2D eigenvalue weighted by Gasteiger charge is 2.22. The fourth-order valence-corrected chi connectivity index (χ4v) is 2.58. The molecule has 20 heavy (non-hydrogen) atoms. The molecule has 1 atom stereocenters. The molecular weight excluding hydrogens is 351 g/mol. The van der Waals surface area contributed by atoms with E-state index in [1.54, 1.807) is 11.8 Å². The number of halogens is 3. The molecule has 0 aliphatic heterocycles. The summed E-state index contributed by atoms with van der Waals surface area (Å²) in [6, 6.07) is 4.11. The molecule has 0 aliphatic rings. The predicted molar refractivity (Wildman–Crippen MR) is 77.3 cm³/mol. The number of rotatable bonds is 5. The topological polar surface area (TPSA) is 47.3 Å². The van der Waals surface area contributed by atoms with Gasteiger partial charge in [0.2, 0.25) is 0 Å². The van der Waals surface area contributed by atoms with Crippen LogP contribution in [0.2, 0.25) is 5.02 Å². The summed E-state index contributed by atoms with van der Waals surface area (Å²) in [5, 5.41) is 14.9. The van der Waals surface area contributed by atoms with E-state index in [9.17, 15) is 9.50 Å². The Labute approximate surface area is 129 Å². The minimum Gasteiger partial charge on any atom is -0.383 e. The minimum absolute atomic E-state index is 0.324. The first-order valence-electron chi connectivity index (χ1n) is 5.87. The van der Waals surface area contributed by atoms with Gasteiger partial charge in [0.15, 0.2) is 0 Å². The van der Waals surface area contributed by atoms with Crippen LogP contribution in [0.5, 0.6) is 0 Å². The van der Waals surface area contributed by atoms with Crippen LogP contribution in [0.15, 0.2) is 28.9 Å². The Hall–Kier alpha value is -0.950. The zero-order valence-corrected chi connectivity index (χ0v) is 13.0. The number of aromatic nitrogens is 2. The van der Waals surface area contributed by atoms with Gasteiger partial charge in [-0.1, -0.05) is 27.5 Å². The lowest BCUT2D eigenvalue weighted by molar-refractivity contribution is 0.171. The molecule has 0 fully saturated rings. The standard InChI is InChI=1S/C13H13BrClFN2O2/c1-20-5-4-18-12(11(15)7-17-18)13(19)9-6-8(16)2-3-10(9)14/h2-3,6-7,13,19H,4-5H2,1H3. The van der Waals surface area contributed by atoms with Crippen molar-refractivity contribution in [1.29, 1.82) is 0 Å². The summed E-state index contributed by atoms with van der Waals surface area (Å²) in [5.74, 6) is -0.429. The lowest BCUT2D eigenvalue weighted by atomic mass is 10.1. The first kappa shape index (κ1) is 15.4. The van der Waals surface area contributed by atoms with Crippen molar-refractivity contribution in [2.75, 3.05) is 13.7 Å². The third kappa shape index (κ3) is 3.20. The summed E-state index contributed by atoms with van der Waals surface area (Å²) < 4.78 is 20.5. The van der Waals surface area contributed by atoms with Crippen molar-refractivity contribution >= 4 is 27.5 Å². The van der Waals surface area contributed by atoms with Crippen LogP contribution in [0.4, 0.5) is 4.39 Å². The average molecular weight is 364 g/mol. The maximum absolute atomic E-state index is 13.3. The Morgan fingerprint density at radius 3 is 3.00 bits per heavy atom. The van der Waals surface area contributed by atoms with E-state index < -0.39 is 11.9 Å². The minimum atomic E-state index is -1.08. The van der Waals surface area contributed by atoms with Crippen LogP contribution in [0.1, 0.15) is 17.4 Å². The first-order chi connectivity index (χ1) is 9.54. The first-order valence-corrected chi connectivity index (χ1v) is 7.05. The van der Waals surface area contributed by atoms with Gasteiger partial charge in [0.25, 0.3) is 0 Å². The monoisotopic (exact) mass is 362 g/mol. The van der Waals surface area contributed by atoms with E-state index in [1.807, 2.05) is 0 Å². The Balaban J connectivity index is 2.39. The highest BCUT2D eigenvalue weighted by Crippen LogP contribution is 2.32. The van der Waals surface area contributed by atoms with Gasteiger partial charge in [0.1, 0.15) is 11.9 Å². The van der Waals surface area contributed by atoms with E-state index in [1.165, 1.54) is 24.4 Å². The molecule has 0 radical (unpaired) electrons. The van der Waals surface area contributed by atoms with Gasteiger partial charge in [-0.25, -0.2) is 4.39 Å². The number of aliphatic hydroxyl groups excluding tert-OH is 1. The molecule has 7 heteroatoms. The molecule has 1 unspecified atom stereocenters. The van der Waals surface area contributed by atoms with Crippen molar-refractivity contribution in [1.82, 2.24) is 9.78 Å². The summed E-state index contributed by atoms with van der Waals surface area (Å²) in [5.41, 5.74) is 0.807. The second-order valence-corrected chi connectivity index (χ2v) is 5.42. The number of nitrogens with zero attached hydrogens (tertiary/aromatic N) is 2. The molecule has 2 rings (SSSR count). The maximum Gasteiger partial charge on any atom is 0.123 e. The molecule has 2 aromatic rings. The van der Waals surface area contributed by atoms with E-state index in [0.717, 1.165) is 0 Å². The van der Waals surface area contributed by atoms with E-state index in [2.05, 4.69) is 21.0 Å². The molecule has 0 bridgehead atoms. The van der Waals surface area contributed by atoms with Gasteiger partial charge in [-0.15, -0.1) is 0 Å². The molecule has 0 saturated carbocycles. The summed E-state index contributed by atoms with van der Waals surface area (Å²) in [6.45, 7) is 0.880. The van der Waals surface area contributed by atoms with Crippen molar-refractivity contribution in [3.8, 4) is 0 Å². The molecule has 0 saturated heterocycles. The lowest BCUT2D eigenvalue weighted by Gasteiger charge is -2.16. The van der Waals surface area contributed by atoms with Gasteiger partial charge in [0, 0.05) is 17.1 Å². The van der Waals surface area contributed by atoms with Crippen molar-refractivity contribution < 1.29 is 14.2 Å². The maximum atomic E-state index is 13.3. The van der Waals surface area contributed by atoms with Crippen molar-refractivity contribution in [2.45, 2.75) is 12.6 Å². The molecular formula is C13H13BrClFN2O2. The van der Waals surface area contributed by atoms with Gasteiger partial charge in [-0.2, -0.15) is 5.10 Å². The predicted octanol–water partition coefficient (Wildman–Crippen LogP) is 3.17. The second kappa shape index (κ2) is 6.67. The zero-order chi connectivity index (χ0) is 14.7. The molecule has 0 aliphatic carbocycles. The van der Waals surface area contributed by atoms with Crippen molar-refractivity contribution in [3.05, 3.63) is 51.0 Å².